The lowest BCUT2D eigenvalue weighted by molar-refractivity contribution is -0.143. The van der Waals surface area contributed by atoms with Crippen LogP contribution < -0.4 is 5.32 Å². The van der Waals surface area contributed by atoms with Gasteiger partial charge in [-0.2, -0.15) is 0 Å². The Morgan fingerprint density at radius 1 is 1.50 bits per heavy atom. The molecular weight excluding hydrogens is 326 g/mol. The standard InChI is InChI=1S/C14H17NO5S2/c1-10-4-6-21-12(10)2-3-14(17)20-8-13(16)15-11-5-7-22(18,19)9-11/h2-4,6,11H,5,7-9H2,1H3,(H,15,16)/b3-2+/t11-/m0/s1. The molecular formula is C14H17NO5S2. The van der Waals surface area contributed by atoms with Crippen molar-refractivity contribution in [2.75, 3.05) is 18.1 Å². The first kappa shape index (κ1) is 16.7. The van der Waals surface area contributed by atoms with Crippen molar-refractivity contribution in [1.29, 1.82) is 0 Å². The minimum atomic E-state index is -3.04. The van der Waals surface area contributed by atoms with Crippen LogP contribution in [0.2, 0.25) is 0 Å². The first-order valence-corrected chi connectivity index (χ1v) is 9.44. The Balaban J connectivity index is 1.73. The van der Waals surface area contributed by atoms with Gasteiger partial charge in [0.05, 0.1) is 11.5 Å². The highest BCUT2D eigenvalue weighted by Crippen LogP contribution is 2.17. The number of hydrogen-bond acceptors (Lipinski definition) is 6. The first-order chi connectivity index (χ1) is 10.4. The molecule has 1 aromatic heterocycles. The van der Waals surface area contributed by atoms with Crippen LogP contribution in [0.1, 0.15) is 16.9 Å². The predicted molar refractivity (Wildman–Crippen MR) is 84.3 cm³/mol. The number of ether oxygens (including phenoxy) is 1. The van der Waals surface area contributed by atoms with Crippen LogP contribution in [0.25, 0.3) is 6.08 Å². The Kier molecular flexibility index (Phi) is 5.36. The zero-order valence-corrected chi connectivity index (χ0v) is 13.7. The van der Waals surface area contributed by atoms with Crippen molar-refractivity contribution in [3.05, 3.63) is 28.0 Å². The monoisotopic (exact) mass is 343 g/mol. The minimum absolute atomic E-state index is 0.0513. The SMILES string of the molecule is Cc1ccsc1/C=C/C(=O)OCC(=O)N[C@H]1CCS(=O)(=O)C1. The van der Waals surface area contributed by atoms with Crippen molar-refractivity contribution in [3.63, 3.8) is 0 Å². The average Bonchev–Trinajstić information content (AvgIpc) is 2.99. The normalized spacial score (nSPS) is 20.1. The molecule has 1 aromatic rings. The summed E-state index contributed by atoms with van der Waals surface area (Å²) in [6.45, 7) is 1.52. The van der Waals surface area contributed by atoms with Gasteiger partial charge in [-0.25, -0.2) is 13.2 Å². The lowest BCUT2D eigenvalue weighted by atomic mass is 10.2. The average molecular weight is 343 g/mol. The van der Waals surface area contributed by atoms with E-state index in [1.54, 1.807) is 6.08 Å². The van der Waals surface area contributed by atoms with Gasteiger partial charge in [0.2, 0.25) is 0 Å². The molecule has 1 aliphatic heterocycles. The van der Waals surface area contributed by atoms with Gasteiger partial charge in [-0.3, -0.25) is 4.79 Å². The molecule has 1 saturated heterocycles. The van der Waals surface area contributed by atoms with Crippen molar-refractivity contribution in [1.82, 2.24) is 5.32 Å². The highest BCUT2D eigenvalue weighted by Gasteiger charge is 2.28. The zero-order chi connectivity index (χ0) is 16.2. The van der Waals surface area contributed by atoms with Gasteiger partial charge >= 0.3 is 5.97 Å². The van der Waals surface area contributed by atoms with Crippen LogP contribution in [0.3, 0.4) is 0 Å². The third kappa shape index (κ3) is 4.96. The van der Waals surface area contributed by atoms with E-state index in [-0.39, 0.29) is 17.5 Å². The smallest absolute Gasteiger partial charge is 0.331 e. The van der Waals surface area contributed by atoms with Crippen LogP contribution in [-0.2, 0) is 24.2 Å². The van der Waals surface area contributed by atoms with E-state index in [2.05, 4.69) is 5.32 Å². The molecule has 6 nitrogen and oxygen atoms in total. The highest BCUT2D eigenvalue weighted by molar-refractivity contribution is 7.91. The number of hydrogen-bond donors (Lipinski definition) is 1. The lowest BCUT2D eigenvalue weighted by Crippen LogP contribution is -2.38. The Labute approximate surface area is 133 Å². The largest absolute Gasteiger partial charge is 0.452 e. The van der Waals surface area contributed by atoms with E-state index in [0.717, 1.165) is 10.4 Å². The maximum absolute atomic E-state index is 11.6. The fraction of sp³-hybridized carbons (Fsp3) is 0.429. The van der Waals surface area contributed by atoms with Crippen LogP contribution in [0, 0.1) is 6.92 Å². The molecule has 0 saturated carbocycles. The summed E-state index contributed by atoms with van der Waals surface area (Å²) in [4.78, 5) is 24.1. The van der Waals surface area contributed by atoms with Gasteiger partial charge in [0, 0.05) is 17.0 Å². The van der Waals surface area contributed by atoms with Crippen LogP contribution in [-0.4, -0.2) is 44.4 Å². The molecule has 0 unspecified atom stereocenters. The fourth-order valence-electron chi connectivity index (χ4n) is 2.06. The Morgan fingerprint density at radius 3 is 2.86 bits per heavy atom. The van der Waals surface area contributed by atoms with Gasteiger partial charge in [0.15, 0.2) is 16.4 Å². The number of carbonyl (C=O) groups is 2. The van der Waals surface area contributed by atoms with Gasteiger partial charge in [-0.15, -0.1) is 11.3 Å². The van der Waals surface area contributed by atoms with Crippen LogP contribution in [0.5, 0.6) is 0 Å². The maximum atomic E-state index is 11.6. The Hall–Kier alpha value is -1.67. The molecule has 1 aliphatic rings. The van der Waals surface area contributed by atoms with E-state index in [9.17, 15) is 18.0 Å². The number of carbonyl (C=O) groups excluding carboxylic acids is 2. The Morgan fingerprint density at radius 2 is 2.27 bits per heavy atom. The van der Waals surface area contributed by atoms with E-state index in [1.807, 2.05) is 18.4 Å². The van der Waals surface area contributed by atoms with Crippen molar-refractivity contribution >= 4 is 39.1 Å². The molecule has 2 rings (SSSR count). The van der Waals surface area contributed by atoms with E-state index in [0.29, 0.717) is 6.42 Å². The third-order valence-electron chi connectivity index (χ3n) is 3.22. The zero-order valence-electron chi connectivity index (χ0n) is 12.1. The van der Waals surface area contributed by atoms with Gasteiger partial charge in [-0.1, -0.05) is 0 Å². The number of sulfone groups is 1. The first-order valence-electron chi connectivity index (χ1n) is 6.74. The van der Waals surface area contributed by atoms with Gasteiger partial charge in [0.1, 0.15) is 0 Å². The molecule has 0 aliphatic carbocycles. The predicted octanol–water partition coefficient (Wildman–Crippen LogP) is 0.916. The second-order valence-corrected chi connectivity index (χ2v) is 8.25. The third-order valence-corrected chi connectivity index (χ3v) is 5.97. The topological polar surface area (TPSA) is 89.5 Å². The summed E-state index contributed by atoms with van der Waals surface area (Å²) in [5.41, 5.74) is 1.06. The molecule has 1 N–H and O–H groups in total. The van der Waals surface area contributed by atoms with E-state index >= 15 is 0 Å². The van der Waals surface area contributed by atoms with E-state index < -0.39 is 28.3 Å². The maximum Gasteiger partial charge on any atom is 0.331 e. The summed E-state index contributed by atoms with van der Waals surface area (Å²) in [7, 11) is -3.04. The number of amides is 1. The number of rotatable bonds is 5. The minimum Gasteiger partial charge on any atom is -0.452 e. The fourth-order valence-corrected chi connectivity index (χ4v) is 4.55. The van der Waals surface area contributed by atoms with Gasteiger partial charge in [-0.05, 0) is 36.4 Å². The quantitative estimate of drug-likeness (QED) is 0.634. The summed E-state index contributed by atoms with van der Waals surface area (Å²) in [5, 5.41) is 4.47. The van der Waals surface area contributed by atoms with Gasteiger partial charge < -0.3 is 10.1 Å². The molecule has 0 radical (unpaired) electrons. The summed E-state index contributed by atoms with van der Waals surface area (Å²) in [6.07, 6.45) is 3.31. The van der Waals surface area contributed by atoms with Crippen LogP contribution in [0.15, 0.2) is 17.5 Å². The number of thiophene rings is 1. The van der Waals surface area contributed by atoms with Crippen molar-refractivity contribution in [2.24, 2.45) is 0 Å². The second-order valence-electron chi connectivity index (χ2n) is 5.08. The van der Waals surface area contributed by atoms with Crippen molar-refractivity contribution in [3.8, 4) is 0 Å². The lowest BCUT2D eigenvalue weighted by Gasteiger charge is -2.10. The number of aryl methyl sites for hydroxylation is 1. The second kappa shape index (κ2) is 7.06. The van der Waals surface area contributed by atoms with E-state index in [4.69, 9.17) is 4.74 Å². The number of esters is 1. The number of nitrogens with one attached hydrogen (secondary N) is 1. The van der Waals surface area contributed by atoms with Crippen LogP contribution >= 0.6 is 11.3 Å². The highest BCUT2D eigenvalue weighted by atomic mass is 32.2. The summed E-state index contributed by atoms with van der Waals surface area (Å²) in [6, 6.07) is 1.55. The summed E-state index contributed by atoms with van der Waals surface area (Å²) >= 11 is 1.51. The summed E-state index contributed by atoms with van der Waals surface area (Å²) in [5.74, 6) is -1.07. The van der Waals surface area contributed by atoms with Gasteiger partial charge in [0.25, 0.3) is 5.91 Å². The molecule has 0 bridgehead atoms. The molecule has 2 heterocycles. The molecule has 0 aromatic carbocycles. The van der Waals surface area contributed by atoms with Crippen molar-refractivity contribution in [2.45, 2.75) is 19.4 Å². The molecule has 120 valence electrons. The molecule has 0 spiro atoms. The summed E-state index contributed by atoms with van der Waals surface area (Å²) < 4.78 is 27.4. The van der Waals surface area contributed by atoms with E-state index in [1.165, 1.54) is 17.4 Å². The Bertz CT molecular complexity index is 690. The molecule has 8 heteroatoms. The molecule has 22 heavy (non-hydrogen) atoms. The molecule has 1 amide bonds. The molecule has 1 atom stereocenters. The van der Waals surface area contributed by atoms with Crippen molar-refractivity contribution < 1.29 is 22.7 Å². The molecule has 1 fully saturated rings. The van der Waals surface area contributed by atoms with Crippen LogP contribution in [0.4, 0.5) is 0 Å².